The van der Waals surface area contributed by atoms with Gasteiger partial charge in [-0.05, 0) is 24.7 Å². The molecule has 0 aromatic rings. The van der Waals surface area contributed by atoms with Crippen LogP contribution in [0.5, 0.6) is 0 Å². The predicted molar refractivity (Wildman–Crippen MR) is 89.5 cm³/mol. The number of carboxylic acid groups (broad SMARTS) is 1. The van der Waals surface area contributed by atoms with Crippen LogP contribution >= 0.6 is 0 Å². The lowest BCUT2D eigenvalue weighted by molar-refractivity contribution is -0.137. The van der Waals surface area contributed by atoms with Crippen LogP contribution in [0.15, 0.2) is 0 Å². The second-order valence-corrected chi connectivity index (χ2v) is 7.01. The molecule has 0 radical (unpaired) electrons. The molecule has 2 atom stereocenters. The molecule has 0 aliphatic heterocycles. The molecular formula is C19H36O2. The lowest BCUT2D eigenvalue weighted by Gasteiger charge is -2.02. The molecule has 1 saturated carbocycles. The third-order valence-corrected chi connectivity index (χ3v) is 4.96. The molecule has 0 spiro atoms. The number of aliphatic carboxylic acids is 1. The summed E-state index contributed by atoms with van der Waals surface area (Å²) < 4.78 is 0. The highest BCUT2D eigenvalue weighted by Gasteiger charge is 2.34. The summed E-state index contributed by atoms with van der Waals surface area (Å²) in [5.74, 6) is 1.45. The zero-order chi connectivity index (χ0) is 15.3. The molecule has 124 valence electrons. The molecule has 1 aliphatic rings. The Hall–Kier alpha value is -0.530. The van der Waals surface area contributed by atoms with E-state index in [9.17, 15) is 4.79 Å². The van der Waals surface area contributed by atoms with Crippen molar-refractivity contribution < 1.29 is 9.90 Å². The number of rotatable bonds is 15. The maximum atomic E-state index is 10.4. The van der Waals surface area contributed by atoms with Gasteiger partial charge in [0.05, 0.1) is 0 Å². The fourth-order valence-electron chi connectivity index (χ4n) is 3.42. The molecule has 0 aromatic carbocycles. The topological polar surface area (TPSA) is 37.3 Å². The summed E-state index contributed by atoms with van der Waals surface area (Å²) in [6.45, 7) is 2.28. The summed E-state index contributed by atoms with van der Waals surface area (Å²) in [6, 6.07) is 0. The molecule has 1 fully saturated rings. The van der Waals surface area contributed by atoms with Crippen LogP contribution in [0.2, 0.25) is 0 Å². The Morgan fingerprint density at radius 2 is 1.29 bits per heavy atom. The van der Waals surface area contributed by atoms with Crippen LogP contribution in [0.4, 0.5) is 0 Å². The van der Waals surface area contributed by atoms with Gasteiger partial charge in [0.15, 0.2) is 0 Å². The van der Waals surface area contributed by atoms with E-state index >= 15 is 0 Å². The Labute approximate surface area is 131 Å². The molecule has 0 bridgehead atoms. The third-order valence-electron chi connectivity index (χ3n) is 4.96. The van der Waals surface area contributed by atoms with Gasteiger partial charge in [-0.25, -0.2) is 0 Å². The highest BCUT2D eigenvalue weighted by Crippen LogP contribution is 2.45. The van der Waals surface area contributed by atoms with Crippen LogP contribution in [-0.4, -0.2) is 11.1 Å². The first kappa shape index (κ1) is 18.5. The summed E-state index contributed by atoms with van der Waals surface area (Å²) in [6.07, 6.45) is 19.2. The SMILES string of the molecule is CCCCCCCC[C@@H]1C[C@@H]1CCCCCCCC(=O)O. The molecule has 2 nitrogen and oxygen atoms in total. The molecule has 1 rings (SSSR count). The summed E-state index contributed by atoms with van der Waals surface area (Å²) >= 11 is 0. The average molecular weight is 296 g/mol. The van der Waals surface area contributed by atoms with E-state index in [0.29, 0.717) is 6.42 Å². The molecule has 0 amide bonds. The van der Waals surface area contributed by atoms with E-state index < -0.39 is 5.97 Å². The van der Waals surface area contributed by atoms with E-state index in [1.165, 1.54) is 77.0 Å². The van der Waals surface area contributed by atoms with Crippen molar-refractivity contribution in [1.29, 1.82) is 0 Å². The van der Waals surface area contributed by atoms with Crippen molar-refractivity contribution in [2.24, 2.45) is 11.8 Å². The number of hydrogen-bond donors (Lipinski definition) is 1. The molecular weight excluding hydrogens is 260 g/mol. The standard InChI is InChI=1S/C19H36O2/c1-2-3-4-5-7-10-13-17-16-18(17)14-11-8-6-9-12-15-19(20)21/h17-18H,2-16H2,1H3,(H,20,21)/t17-,18+/m1/s1. The Morgan fingerprint density at radius 1 is 0.810 bits per heavy atom. The minimum atomic E-state index is -0.648. The zero-order valence-electron chi connectivity index (χ0n) is 14.1. The van der Waals surface area contributed by atoms with E-state index in [-0.39, 0.29) is 0 Å². The van der Waals surface area contributed by atoms with Crippen molar-refractivity contribution in [2.45, 2.75) is 103 Å². The molecule has 1 N–H and O–H groups in total. The fourth-order valence-corrected chi connectivity index (χ4v) is 3.42. The monoisotopic (exact) mass is 296 g/mol. The molecule has 0 unspecified atom stereocenters. The summed E-state index contributed by atoms with van der Waals surface area (Å²) in [7, 11) is 0. The van der Waals surface area contributed by atoms with Crippen molar-refractivity contribution >= 4 is 5.97 Å². The van der Waals surface area contributed by atoms with E-state index in [1.54, 1.807) is 0 Å². The average Bonchev–Trinajstić information content (AvgIpc) is 3.20. The Morgan fingerprint density at radius 3 is 1.81 bits per heavy atom. The van der Waals surface area contributed by atoms with Crippen molar-refractivity contribution in [3.05, 3.63) is 0 Å². The van der Waals surface area contributed by atoms with Gasteiger partial charge in [-0.15, -0.1) is 0 Å². The number of hydrogen-bond acceptors (Lipinski definition) is 1. The molecule has 0 heterocycles. The van der Waals surface area contributed by atoms with E-state index in [1.807, 2.05) is 0 Å². The van der Waals surface area contributed by atoms with Crippen LogP contribution in [-0.2, 0) is 4.79 Å². The lowest BCUT2D eigenvalue weighted by atomic mass is 10.0. The fraction of sp³-hybridized carbons (Fsp3) is 0.947. The molecule has 1 aliphatic carbocycles. The molecule has 0 aromatic heterocycles. The van der Waals surface area contributed by atoms with Crippen molar-refractivity contribution in [3.63, 3.8) is 0 Å². The summed E-state index contributed by atoms with van der Waals surface area (Å²) in [5, 5.41) is 8.56. The highest BCUT2D eigenvalue weighted by atomic mass is 16.4. The lowest BCUT2D eigenvalue weighted by Crippen LogP contribution is -1.93. The third kappa shape index (κ3) is 10.8. The molecule has 21 heavy (non-hydrogen) atoms. The summed E-state index contributed by atoms with van der Waals surface area (Å²) in [5.41, 5.74) is 0. The largest absolute Gasteiger partial charge is 0.481 e. The van der Waals surface area contributed by atoms with Gasteiger partial charge >= 0.3 is 5.97 Å². The minimum absolute atomic E-state index is 0.350. The second kappa shape index (κ2) is 12.1. The number of carboxylic acids is 1. The van der Waals surface area contributed by atoms with Gasteiger partial charge in [0, 0.05) is 6.42 Å². The maximum Gasteiger partial charge on any atom is 0.303 e. The van der Waals surface area contributed by atoms with Crippen molar-refractivity contribution in [1.82, 2.24) is 0 Å². The normalized spacial score (nSPS) is 20.6. The summed E-state index contributed by atoms with van der Waals surface area (Å²) in [4.78, 5) is 10.4. The van der Waals surface area contributed by atoms with Crippen LogP contribution in [0, 0.1) is 11.8 Å². The van der Waals surface area contributed by atoms with Crippen LogP contribution in [0.25, 0.3) is 0 Å². The Balaban J connectivity index is 1.77. The van der Waals surface area contributed by atoms with E-state index in [4.69, 9.17) is 5.11 Å². The van der Waals surface area contributed by atoms with Gasteiger partial charge in [0.1, 0.15) is 0 Å². The van der Waals surface area contributed by atoms with Gasteiger partial charge in [0.25, 0.3) is 0 Å². The van der Waals surface area contributed by atoms with Crippen molar-refractivity contribution in [2.75, 3.05) is 0 Å². The van der Waals surface area contributed by atoms with Gasteiger partial charge in [-0.3, -0.25) is 4.79 Å². The second-order valence-electron chi connectivity index (χ2n) is 7.01. The van der Waals surface area contributed by atoms with Crippen LogP contribution in [0.3, 0.4) is 0 Å². The van der Waals surface area contributed by atoms with Gasteiger partial charge in [-0.1, -0.05) is 84.0 Å². The first-order valence-corrected chi connectivity index (χ1v) is 9.45. The maximum absolute atomic E-state index is 10.4. The molecule has 2 heteroatoms. The predicted octanol–water partition coefficient (Wildman–Crippen LogP) is 6.19. The van der Waals surface area contributed by atoms with Gasteiger partial charge < -0.3 is 5.11 Å². The van der Waals surface area contributed by atoms with E-state index in [0.717, 1.165) is 24.7 Å². The van der Waals surface area contributed by atoms with Crippen molar-refractivity contribution in [3.8, 4) is 0 Å². The van der Waals surface area contributed by atoms with Gasteiger partial charge in [-0.2, -0.15) is 0 Å². The van der Waals surface area contributed by atoms with Crippen LogP contribution < -0.4 is 0 Å². The smallest absolute Gasteiger partial charge is 0.303 e. The minimum Gasteiger partial charge on any atom is -0.481 e. The Bertz CT molecular complexity index is 262. The van der Waals surface area contributed by atoms with E-state index in [2.05, 4.69) is 6.92 Å². The first-order chi connectivity index (χ1) is 10.2. The number of carbonyl (C=O) groups is 1. The quantitative estimate of drug-likeness (QED) is 0.366. The zero-order valence-corrected chi connectivity index (χ0v) is 14.1. The molecule has 0 saturated heterocycles. The van der Waals surface area contributed by atoms with Gasteiger partial charge in [0.2, 0.25) is 0 Å². The van der Waals surface area contributed by atoms with Crippen LogP contribution in [0.1, 0.15) is 103 Å². The first-order valence-electron chi connectivity index (χ1n) is 9.45. The number of unbranched alkanes of at least 4 members (excludes halogenated alkanes) is 9. The Kier molecular flexibility index (Phi) is 10.6. The highest BCUT2D eigenvalue weighted by molar-refractivity contribution is 5.66.